The van der Waals surface area contributed by atoms with Crippen molar-refractivity contribution in [2.45, 2.75) is 31.9 Å². The number of nitrogens with one attached hydrogen (secondary N) is 1. The van der Waals surface area contributed by atoms with E-state index >= 15 is 0 Å². The molecule has 0 spiro atoms. The van der Waals surface area contributed by atoms with Crippen LogP contribution in [0.5, 0.6) is 0 Å². The van der Waals surface area contributed by atoms with Gasteiger partial charge in [-0.25, -0.2) is 0 Å². The Hall–Kier alpha value is -1.88. The number of hydrogen-bond acceptors (Lipinski definition) is 3. The molecule has 118 valence electrons. The first-order chi connectivity index (χ1) is 10.7. The zero-order valence-electron chi connectivity index (χ0n) is 12.7. The Morgan fingerprint density at radius 2 is 2.14 bits per heavy atom. The highest BCUT2D eigenvalue weighted by atomic mass is 16.5. The van der Waals surface area contributed by atoms with E-state index in [-0.39, 0.29) is 23.8 Å². The number of carbonyl (C=O) groups excluding carboxylic acids is 2. The molecular weight excluding hydrogens is 280 g/mol. The Bertz CT molecular complexity index is 526. The fourth-order valence-corrected chi connectivity index (χ4v) is 3.07. The summed E-state index contributed by atoms with van der Waals surface area (Å²) in [6.07, 6.45) is 2.52. The van der Waals surface area contributed by atoms with Gasteiger partial charge in [0.25, 0.3) is 0 Å². The molecule has 0 aromatic heterocycles. The molecule has 2 saturated heterocycles. The molecule has 5 heteroatoms. The van der Waals surface area contributed by atoms with Crippen LogP contribution in [0.4, 0.5) is 0 Å². The minimum absolute atomic E-state index is 0.0283. The van der Waals surface area contributed by atoms with Gasteiger partial charge < -0.3 is 15.0 Å². The Morgan fingerprint density at radius 3 is 2.86 bits per heavy atom. The maximum atomic E-state index is 12.2. The quantitative estimate of drug-likeness (QED) is 0.893. The maximum Gasteiger partial charge on any atom is 0.225 e. The molecule has 2 atom stereocenters. The van der Waals surface area contributed by atoms with E-state index < -0.39 is 0 Å². The molecular formula is C17H22N2O3. The molecule has 0 saturated carbocycles. The van der Waals surface area contributed by atoms with E-state index in [1.165, 1.54) is 0 Å². The second-order valence-electron chi connectivity index (χ2n) is 6.04. The average molecular weight is 302 g/mol. The summed E-state index contributed by atoms with van der Waals surface area (Å²) in [6, 6.07) is 9.87. The van der Waals surface area contributed by atoms with Gasteiger partial charge in [0, 0.05) is 32.7 Å². The van der Waals surface area contributed by atoms with Gasteiger partial charge in [0.05, 0.1) is 12.0 Å². The average Bonchev–Trinajstić information content (AvgIpc) is 3.16. The van der Waals surface area contributed by atoms with Gasteiger partial charge >= 0.3 is 0 Å². The molecule has 1 aromatic carbocycles. The zero-order chi connectivity index (χ0) is 15.4. The van der Waals surface area contributed by atoms with Gasteiger partial charge in [-0.3, -0.25) is 9.59 Å². The third-order valence-electron chi connectivity index (χ3n) is 4.33. The van der Waals surface area contributed by atoms with Crippen LogP contribution < -0.4 is 5.32 Å². The van der Waals surface area contributed by atoms with E-state index in [1.54, 1.807) is 4.90 Å². The monoisotopic (exact) mass is 302 g/mol. The number of benzene rings is 1. The summed E-state index contributed by atoms with van der Waals surface area (Å²) in [6.45, 7) is 2.43. The SMILES string of the molecule is O=C(NC[C@H]1CCCO1)[C@@H]1CC(=O)N(Cc2ccccc2)C1. The molecule has 1 aromatic rings. The van der Waals surface area contributed by atoms with Crippen molar-refractivity contribution in [2.24, 2.45) is 5.92 Å². The van der Waals surface area contributed by atoms with Crippen LogP contribution in [0.3, 0.4) is 0 Å². The van der Waals surface area contributed by atoms with Crippen LogP contribution in [0.2, 0.25) is 0 Å². The summed E-state index contributed by atoms with van der Waals surface area (Å²) < 4.78 is 5.50. The molecule has 2 aliphatic heterocycles. The van der Waals surface area contributed by atoms with Gasteiger partial charge in [-0.2, -0.15) is 0 Å². The molecule has 0 bridgehead atoms. The van der Waals surface area contributed by atoms with Gasteiger partial charge in [-0.15, -0.1) is 0 Å². The van der Waals surface area contributed by atoms with Gasteiger partial charge in [0.2, 0.25) is 11.8 Å². The maximum absolute atomic E-state index is 12.2. The smallest absolute Gasteiger partial charge is 0.225 e. The lowest BCUT2D eigenvalue weighted by molar-refractivity contribution is -0.129. The largest absolute Gasteiger partial charge is 0.376 e. The summed E-state index contributed by atoms with van der Waals surface area (Å²) >= 11 is 0. The van der Waals surface area contributed by atoms with E-state index in [0.717, 1.165) is 25.0 Å². The summed E-state index contributed by atoms with van der Waals surface area (Å²) in [4.78, 5) is 26.0. The molecule has 0 radical (unpaired) electrons. The van der Waals surface area contributed by atoms with E-state index in [4.69, 9.17) is 4.74 Å². The van der Waals surface area contributed by atoms with Crippen LogP contribution in [0.25, 0.3) is 0 Å². The molecule has 2 heterocycles. The predicted molar refractivity (Wildman–Crippen MR) is 81.9 cm³/mol. The van der Waals surface area contributed by atoms with Crippen molar-refractivity contribution < 1.29 is 14.3 Å². The van der Waals surface area contributed by atoms with Crippen molar-refractivity contribution in [2.75, 3.05) is 19.7 Å². The lowest BCUT2D eigenvalue weighted by Crippen LogP contribution is -2.37. The first kappa shape index (κ1) is 15.0. The first-order valence-corrected chi connectivity index (χ1v) is 7.93. The fourth-order valence-electron chi connectivity index (χ4n) is 3.07. The third-order valence-corrected chi connectivity index (χ3v) is 4.33. The van der Waals surface area contributed by atoms with Gasteiger partial charge in [0.15, 0.2) is 0 Å². The highest BCUT2D eigenvalue weighted by molar-refractivity contribution is 5.89. The number of rotatable bonds is 5. The highest BCUT2D eigenvalue weighted by Crippen LogP contribution is 2.20. The summed E-state index contributed by atoms with van der Waals surface area (Å²) in [5.74, 6) is -0.210. The summed E-state index contributed by atoms with van der Waals surface area (Å²) in [5, 5.41) is 2.93. The molecule has 3 rings (SSSR count). The topological polar surface area (TPSA) is 58.6 Å². The van der Waals surface area contributed by atoms with Crippen molar-refractivity contribution in [3.63, 3.8) is 0 Å². The second kappa shape index (κ2) is 6.92. The van der Waals surface area contributed by atoms with Gasteiger partial charge in [-0.1, -0.05) is 30.3 Å². The zero-order valence-corrected chi connectivity index (χ0v) is 12.7. The van der Waals surface area contributed by atoms with Gasteiger partial charge in [0.1, 0.15) is 0 Å². The van der Waals surface area contributed by atoms with Gasteiger partial charge in [-0.05, 0) is 18.4 Å². The van der Waals surface area contributed by atoms with E-state index in [0.29, 0.717) is 26.1 Å². The Labute approximate surface area is 130 Å². The summed E-state index contributed by atoms with van der Waals surface area (Å²) in [5.41, 5.74) is 1.09. The number of carbonyl (C=O) groups is 2. The molecule has 1 N–H and O–H groups in total. The number of amides is 2. The minimum Gasteiger partial charge on any atom is -0.376 e. The lowest BCUT2D eigenvalue weighted by Gasteiger charge is -2.17. The predicted octanol–water partition coefficient (Wildman–Crippen LogP) is 1.33. The van der Waals surface area contributed by atoms with Crippen LogP contribution in [0.15, 0.2) is 30.3 Å². The van der Waals surface area contributed by atoms with Crippen molar-refractivity contribution in [1.82, 2.24) is 10.2 Å². The molecule has 2 aliphatic rings. The van der Waals surface area contributed by atoms with E-state index in [1.807, 2.05) is 30.3 Å². The lowest BCUT2D eigenvalue weighted by atomic mass is 10.1. The van der Waals surface area contributed by atoms with Crippen LogP contribution in [-0.2, 0) is 20.9 Å². The van der Waals surface area contributed by atoms with Crippen molar-refractivity contribution >= 4 is 11.8 Å². The standard InChI is InChI=1S/C17H22N2O3/c20-16-9-14(17(21)18-10-15-7-4-8-22-15)12-19(16)11-13-5-2-1-3-6-13/h1-3,5-6,14-15H,4,7-12H2,(H,18,21)/t14-,15-/m1/s1. The highest BCUT2D eigenvalue weighted by Gasteiger charge is 2.34. The molecule has 5 nitrogen and oxygen atoms in total. The van der Waals surface area contributed by atoms with E-state index in [9.17, 15) is 9.59 Å². The van der Waals surface area contributed by atoms with E-state index in [2.05, 4.69) is 5.32 Å². The second-order valence-corrected chi connectivity index (χ2v) is 6.04. The van der Waals surface area contributed by atoms with Crippen molar-refractivity contribution in [3.8, 4) is 0 Å². The molecule has 2 fully saturated rings. The Morgan fingerprint density at radius 1 is 1.32 bits per heavy atom. The summed E-state index contributed by atoms with van der Waals surface area (Å²) in [7, 11) is 0. The molecule has 0 unspecified atom stereocenters. The fraction of sp³-hybridized carbons (Fsp3) is 0.529. The van der Waals surface area contributed by atoms with Crippen LogP contribution >= 0.6 is 0 Å². The minimum atomic E-state index is -0.238. The number of likely N-dealkylation sites (tertiary alicyclic amines) is 1. The Balaban J connectivity index is 1.49. The molecule has 2 amide bonds. The van der Waals surface area contributed by atoms with Crippen LogP contribution in [0, 0.1) is 5.92 Å². The van der Waals surface area contributed by atoms with Crippen molar-refractivity contribution in [3.05, 3.63) is 35.9 Å². The molecule has 22 heavy (non-hydrogen) atoms. The number of hydrogen-bond donors (Lipinski definition) is 1. The number of nitrogens with zero attached hydrogens (tertiary/aromatic N) is 1. The Kier molecular flexibility index (Phi) is 4.73. The number of ether oxygens (including phenoxy) is 1. The van der Waals surface area contributed by atoms with Crippen LogP contribution in [-0.4, -0.2) is 42.5 Å². The van der Waals surface area contributed by atoms with Crippen LogP contribution in [0.1, 0.15) is 24.8 Å². The van der Waals surface area contributed by atoms with Crippen molar-refractivity contribution in [1.29, 1.82) is 0 Å². The first-order valence-electron chi connectivity index (χ1n) is 7.93. The normalized spacial score (nSPS) is 24.7. The third kappa shape index (κ3) is 3.65. The molecule has 0 aliphatic carbocycles.